The normalized spacial score (nSPS) is 11.5. The van der Waals surface area contributed by atoms with Crippen molar-refractivity contribution in [2.45, 2.75) is 6.61 Å². The van der Waals surface area contributed by atoms with Crippen molar-refractivity contribution in [1.82, 2.24) is 0 Å². The first kappa shape index (κ1) is 31.4. The standard InChI is InChI=1S/C31H29FO9S2/c1-6-21-16-22(12-14-25(21)32)24-18-28(37-2)29(31(30(24)38-3)41-43(5,35)36)23-13-15-26(27(17-23)40-42(4,33)34)39-19-20-10-8-7-9-11-20/h6-18H,1,19H2,2-5H3. The number of ether oxygens (including phenoxy) is 3. The molecule has 226 valence electrons. The van der Waals surface area contributed by atoms with Gasteiger partial charge in [0.05, 0.1) is 32.3 Å². The predicted molar refractivity (Wildman–Crippen MR) is 162 cm³/mol. The van der Waals surface area contributed by atoms with Crippen LogP contribution in [0.4, 0.5) is 4.39 Å². The lowest BCUT2D eigenvalue weighted by molar-refractivity contribution is 0.296. The predicted octanol–water partition coefficient (Wildman–Crippen LogP) is 6.08. The Kier molecular flexibility index (Phi) is 9.31. The highest BCUT2D eigenvalue weighted by Gasteiger charge is 2.27. The third-order valence-corrected chi connectivity index (χ3v) is 7.05. The SMILES string of the molecule is C=Cc1cc(-c2cc(OC)c(-c3ccc(OCc4ccccc4)c(OS(C)(=O)=O)c3)c(OS(C)(=O)=O)c2OC)ccc1F. The van der Waals surface area contributed by atoms with Gasteiger partial charge in [0, 0.05) is 11.1 Å². The van der Waals surface area contributed by atoms with Crippen molar-refractivity contribution in [3.8, 4) is 51.0 Å². The summed E-state index contributed by atoms with van der Waals surface area (Å²) in [6.07, 6.45) is 3.09. The Morgan fingerprint density at radius 2 is 1.42 bits per heavy atom. The van der Waals surface area contributed by atoms with Crippen LogP contribution in [0.2, 0.25) is 0 Å². The molecule has 12 heteroatoms. The quantitative estimate of drug-likeness (QED) is 0.172. The number of methoxy groups -OCH3 is 2. The summed E-state index contributed by atoms with van der Waals surface area (Å²) in [4.78, 5) is 0. The molecule has 0 aliphatic heterocycles. The number of hydrogen-bond donors (Lipinski definition) is 0. The van der Waals surface area contributed by atoms with Gasteiger partial charge in [-0.1, -0.05) is 55.1 Å². The molecular formula is C31H29FO9S2. The fourth-order valence-electron chi connectivity index (χ4n) is 4.31. The van der Waals surface area contributed by atoms with Crippen molar-refractivity contribution in [2.75, 3.05) is 26.7 Å². The Morgan fingerprint density at radius 1 is 0.744 bits per heavy atom. The Bertz CT molecular complexity index is 1870. The highest BCUT2D eigenvalue weighted by atomic mass is 32.2. The summed E-state index contributed by atoms with van der Waals surface area (Å²) in [5, 5.41) is 0. The summed E-state index contributed by atoms with van der Waals surface area (Å²) in [5.74, 6) is -0.635. The molecule has 0 aliphatic rings. The van der Waals surface area contributed by atoms with Crippen molar-refractivity contribution < 1.29 is 43.8 Å². The van der Waals surface area contributed by atoms with Gasteiger partial charge in [-0.3, -0.25) is 0 Å². The Hall–Kier alpha value is -4.55. The number of hydrogen-bond acceptors (Lipinski definition) is 9. The fraction of sp³-hybridized carbons (Fsp3) is 0.161. The molecular weight excluding hydrogens is 599 g/mol. The van der Waals surface area contributed by atoms with E-state index < -0.39 is 26.1 Å². The lowest BCUT2D eigenvalue weighted by atomic mass is 9.95. The molecule has 4 aromatic rings. The van der Waals surface area contributed by atoms with Crippen LogP contribution in [0.3, 0.4) is 0 Å². The van der Waals surface area contributed by atoms with Crippen molar-refractivity contribution in [1.29, 1.82) is 0 Å². The third-order valence-electron chi connectivity index (χ3n) is 6.10. The molecule has 4 aromatic carbocycles. The van der Waals surface area contributed by atoms with Crippen LogP contribution in [-0.4, -0.2) is 43.6 Å². The van der Waals surface area contributed by atoms with E-state index in [1.807, 2.05) is 30.3 Å². The monoisotopic (exact) mass is 628 g/mol. The summed E-state index contributed by atoms with van der Waals surface area (Å²) in [6, 6.07) is 19.5. The summed E-state index contributed by atoms with van der Waals surface area (Å²) in [5.41, 5.74) is 2.22. The van der Waals surface area contributed by atoms with E-state index in [0.29, 0.717) is 11.1 Å². The van der Waals surface area contributed by atoms with Crippen molar-refractivity contribution in [3.05, 3.63) is 96.3 Å². The Labute approximate surface area is 250 Å². The lowest BCUT2D eigenvalue weighted by Crippen LogP contribution is -2.10. The molecule has 0 aliphatic carbocycles. The first-order valence-electron chi connectivity index (χ1n) is 12.6. The summed E-state index contributed by atoms with van der Waals surface area (Å²) >= 11 is 0. The van der Waals surface area contributed by atoms with Gasteiger partial charge in [0.15, 0.2) is 23.0 Å². The molecule has 0 saturated carbocycles. The zero-order valence-corrected chi connectivity index (χ0v) is 25.4. The molecule has 0 saturated heterocycles. The van der Waals surface area contributed by atoms with Gasteiger partial charge in [-0.2, -0.15) is 16.8 Å². The number of halogens is 1. The van der Waals surface area contributed by atoms with Gasteiger partial charge in [-0.15, -0.1) is 0 Å². The van der Waals surface area contributed by atoms with Crippen LogP contribution in [0.1, 0.15) is 11.1 Å². The molecule has 0 fully saturated rings. The average Bonchev–Trinajstić information content (AvgIpc) is 2.95. The molecule has 0 amide bonds. The van der Waals surface area contributed by atoms with Crippen LogP contribution in [0.5, 0.6) is 28.7 Å². The lowest BCUT2D eigenvalue weighted by Gasteiger charge is -2.21. The van der Waals surface area contributed by atoms with E-state index in [1.54, 1.807) is 12.1 Å². The zero-order chi connectivity index (χ0) is 31.4. The van der Waals surface area contributed by atoms with Gasteiger partial charge in [0.25, 0.3) is 0 Å². The molecule has 0 radical (unpaired) electrons. The second kappa shape index (κ2) is 12.8. The summed E-state index contributed by atoms with van der Waals surface area (Å²) < 4.78 is 91.4. The molecule has 0 aromatic heterocycles. The minimum atomic E-state index is -4.13. The zero-order valence-electron chi connectivity index (χ0n) is 23.8. The van der Waals surface area contributed by atoms with Crippen LogP contribution < -0.4 is 22.6 Å². The first-order valence-corrected chi connectivity index (χ1v) is 16.3. The smallest absolute Gasteiger partial charge is 0.306 e. The van der Waals surface area contributed by atoms with Crippen molar-refractivity contribution in [3.63, 3.8) is 0 Å². The fourth-order valence-corrected chi connectivity index (χ4v) is 5.23. The van der Waals surface area contributed by atoms with E-state index in [4.69, 9.17) is 22.6 Å². The van der Waals surface area contributed by atoms with Gasteiger partial charge in [0.1, 0.15) is 18.2 Å². The molecule has 0 heterocycles. The van der Waals surface area contributed by atoms with E-state index in [9.17, 15) is 21.2 Å². The number of benzene rings is 4. The second-order valence-electron chi connectivity index (χ2n) is 9.31. The minimum Gasteiger partial charge on any atom is -0.496 e. The first-order chi connectivity index (χ1) is 20.3. The molecule has 43 heavy (non-hydrogen) atoms. The maximum atomic E-state index is 14.2. The van der Waals surface area contributed by atoms with Crippen molar-refractivity contribution in [2.24, 2.45) is 0 Å². The highest BCUT2D eigenvalue weighted by molar-refractivity contribution is 7.86. The molecule has 0 unspecified atom stereocenters. The van der Waals surface area contributed by atoms with Crippen molar-refractivity contribution >= 4 is 26.3 Å². The van der Waals surface area contributed by atoms with Gasteiger partial charge in [0.2, 0.25) is 0 Å². The highest BCUT2D eigenvalue weighted by Crippen LogP contribution is 2.52. The Balaban J connectivity index is 1.96. The van der Waals surface area contributed by atoms with Crippen LogP contribution >= 0.6 is 0 Å². The molecule has 9 nitrogen and oxygen atoms in total. The largest absolute Gasteiger partial charge is 0.496 e. The molecule has 0 bridgehead atoms. The summed E-state index contributed by atoms with van der Waals surface area (Å²) in [6.45, 7) is 3.75. The van der Waals surface area contributed by atoms with Gasteiger partial charge >= 0.3 is 20.2 Å². The minimum absolute atomic E-state index is 0.00201. The van der Waals surface area contributed by atoms with E-state index in [-0.39, 0.29) is 52.0 Å². The molecule has 4 rings (SSSR count). The van der Waals surface area contributed by atoms with E-state index >= 15 is 0 Å². The second-order valence-corrected chi connectivity index (χ2v) is 12.5. The summed E-state index contributed by atoms with van der Waals surface area (Å²) in [7, 11) is -5.45. The molecule has 0 N–H and O–H groups in total. The van der Waals surface area contributed by atoms with Gasteiger partial charge < -0.3 is 22.6 Å². The topological polar surface area (TPSA) is 114 Å². The average molecular weight is 629 g/mol. The van der Waals surface area contributed by atoms with E-state index in [0.717, 1.165) is 18.1 Å². The maximum absolute atomic E-state index is 14.2. The third kappa shape index (κ3) is 7.65. The van der Waals surface area contributed by atoms with E-state index in [1.165, 1.54) is 50.6 Å². The van der Waals surface area contributed by atoms with Crippen LogP contribution in [0.25, 0.3) is 28.3 Å². The van der Waals surface area contributed by atoms with Gasteiger partial charge in [-0.25, -0.2) is 4.39 Å². The number of rotatable bonds is 12. The van der Waals surface area contributed by atoms with Crippen LogP contribution in [0, 0.1) is 5.82 Å². The molecule has 0 atom stereocenters. The maximum Gasteiger partial charge on any atom is 0.306 e. The molecule has 0 spiro atoms. The van der Waals surface area contributed by atoms with Gasteiger partial charge in [-0.05, 0) is 47.0 Å². The van der Waals surface area contributed by atoms with Crippen LogP contribution in [0.15, 0.2) is 79.4 Å². The van der Waals surface area contributed by atoms with Crippen LogP contribution in [-0.2, 0) is 26.8 Å². The Morgan fingerprint density at radius 3 is 2.02 bits per heavy atom. The van der Waals surface area contributed by atoms with E-state index in [2.05, 4.69) is 6.58 Å².